The van der Waals surface area contributed by atoms with Crippen LogP contribution in [0.5, 0.6) is 0 Å². The molecule has 1 amide bonds. The molecule has 0 radical (unpaired) electrons. The third-order valence-corrected chi connectivity index (χ3v) is 4.19. The molecule has 120 valence electrons. The summed E-state index contributed by atoms with van der Waals surface area (Å²) in [6.07, 6.45) is 3.74. The Labute approximate surface area is 130 Å². The average molecular weight is 306 g/mol. The molecule has 1 saturated carbocycles. The van der Waals surface area contributed by atoms with Crippen LogP contribution in [0.1, 0.15) is 49.4 Å². The second-order valence-electron chi connectivity index (χ2n) is 6.16. The predicted octanol–water partition coefficient (Wildman–Crippen LogP) is 2.42. The Hall–Kier alpha value is -1.75. The number of carbonyl (C=O) groups is 2. The van der Waals surface area contributed by atoms with Gasteiger partial charge in [0, 0.05) is 30.0 Å². The van der Waals surface area contributed by atoms with Crippen molar-refractivity contribution < 1.29 is 14.0 Å². The Balaban J connectivity index is 1.84. The van der Waals surface area contributed by atoms with E-state index in [4.69, 9.17) is 5.73 Å². The number of nitrogens with two attached hydrogens (primary N) is 1. The van der Waals surface area contributed by atoms with E-state index in [1.807, 2.05) is 0 Å². The van der Waals surface area contributed by atoms with Gasteiger partial charge < -0.3 is 11.1 Å². The van der Waals surface area contributed by atoms with E-state index >= 15 is 0 Å². The molecule has 0 aliphatic heterocycles. The van der Waals surface area contributed by atoms with Gasteiger partial charge in [-0.05, 0) is 37.8 Å². The first-order valence-electron chi connectivity index (χ1n) is 7.80. The van der Waals surface area contributed by atoms with Crippen molar-refractivity contribution in [3.63, 3.8) is 0 Å². The van der Waals surface area contributed by atoms with Crippen molar-refractivity contribution in [2.45, 2.75) is 51.1 Å². The summed E-state index contributed by atoms with van der Waals surface area (Å²) in [6.45, 7) is 1.70. The van der Waals surface area contributed by atoms with Crippen molar-refractivity contribution in [1.82, 2.24) is 5.32 Å². The van der Waals surface area contributed by atoms with Gasteiger partial charge >= 0.3 is 0 Å². The third kappa shape index (κ3) is 4.63. The van der Waals surface area contributed by atoms with Crippen LogP contribution in [0.4, 0.5) is 4.39 Å². The van der Waals surface area contributed by atoms with E-state index in [2.05, 4.69) is 5.32 Å². The average Bonchev–Trinajstić information content (AvgIpc) is 2.48. The van der Waals surface area contributed by atoms with Crippen molar-refractivity contribution in [2.75, 3.05) is 0 Å². The van der Waals surface area contributed by atoms with Gasteiger partial charge in [0.25, 0.3) is 0 Å². The van der Waals surface area contributed by atoms with Crippen molar-refractivity contribution in [2.24, 2.45) is 11.7 Å². The minimum absolute atomic E-state index is 0.123. The monoisotopic (exact) mass is 306 g/mol. The van der Waals surface area contributed by atoms with E-state index < -0.39 is 11.7 Å². The maximum absolute atomic E-state index is 13.2. The lowest BCUT2D eigenvalue weighted by atomic mass is 9.91. The third-order valence-electron chi connectivity index (χ3n) is 4.19. The normalized spacial score (nSPS) is 22.9. The zero-order valence-electron chi connectivity index (χ0n) is 12.8. The molecule has 5 heteroatoms. The number of hydrogen-bond donors (Lipinski definition) is 2. The van der Waals surface area contributed by atoms with Crippen LogP contribution in [0.2, 0.25) is 0 Å². The van der Waals surface area contributed by atoms with Crippen LogP contribution in [-0.4, -0.2) is 23.8 Å². The van der Waals surface area contributed by atoms with Gasteiger partial charge in [-0.2, -0.15) is 0 Å². The fourth-order valence-electron chi connectivity index (χ4n) is 2.85. The highest BCUT2D eigenvalue weighted by Crippen LogP contribution is 2.18. The summed E-state index contributed by atoms with van der Waals surface area (Å²) in [5.74, 6) is -1.24. The summed E-state index contributed by atoms with van der Waals surface area (Å²) in [6, 6.07) is 5.97. The van der Waals surface area contributed by atoms with Gasteiger partial charge in [0.15, 0.2) is 5.78 Å². The summed E-state index contributed by atoms with van der Waals surface area (Å²) in [5, 5.41) is 2.97. The molecule has 1 atom stereocenters. The predicted molar refractivity (Wildman–Crippen MR) is 82.9 cm³/mol. The van der Waals surface area contributed by atoms with Crippen LogP contribution in [0.15, 0.2) is 24.3 Å². The first-order chi connectivity index (χ1) is 10.5. The maximum atomic E-state index is 13.2. The van der Waals surface area contributed by atoms with Crippen LogP contribution in [-0.2, 0) is 4.79 Å². The Bertz CT molecular complexity index is 539. The Morgan fingerprint density at radius 1 is 1.32 bits per heavy atom. The van der Waals surface area contributed by atoms with Gasteiger partial charge in [0.1, 0.15) is 5.82 Å². The number of hydrogen-bond acceptors (Lipinski definition) is 3. The first kappa shape index (κ1) is 16.6. The van der Waals surface area contributed by atoms with E-state index in [-0.39, 0.29) is 30.2 Å². The molecule has 1 aliphatic carbocycles. The van der Waals surface area contributed by atoms with Gasteiger partial charge in [-0.25, -0.2) is 4.39 Å². The zero-order valence-corrected chi connectivity index (χ0v) is 12.8. The van der Waals surface area contributed by atoms with E-state index in [1.54, 1.807) is 13.0 Å². The molecule has 0 aromatic heterocycles. The van der Waals surface area contributed by atoms with Gasteiger partial charge in [0.2, 0.25) is 5.91 Å². The lowest BCUT2D eigenvalue weighted by molar-refractivity contribution is -0.122. The van der Waals surface area contributed by atoms with Gasteiger partial charge in [0.05, 0.1) is 0 Å². The molecule has 3 N–H and O–H groups in total. The molecule has 22 heavy (non-hydrogen) atoms. The molecule has 1 unspecified atom stereocenters. The smallest absolute Gasteiger partial charge is 0.220 e. The molecule has 1 fully saturated rings. The lowest BCUT2D eigenvalue weighted by Gasteiger charge is -2.27. The summed E-state index contributed by atoms with van der Waals surface area (Å²) in [5.41, 5.74) is 6.15. The second-order valence-corrected chi connectivity index (χ2v) is 6.16. The van der Waals surface area contributed by atoms with Crippen molar-refractivity contribution >= 4 is 11.7 Å². The molecule has 0 heterocycles. The number of halogens is 1. The molecule has 1 aromatic carbocycles. The molecule has 0 spiro atoms. The number of rotatable bonds is 5. The highest BCUT2D eigenvalue weighted by Gasteiger charge is 2.23. The molecule has 4 nitrogen and oxygen atoms in total. The van der Waals surface area contributed by atoms with E-state index in [1.165, 1.54) is 18.2 Å². The number of nitrogens with one attached hydrogen (secondary N) is 1. The molecule has 2 rings (SSSR count). The SMILES string of the molecule is CC(CC(=O)NC1CCC(N)CC1)C(=O)c1cccc(F)c1. The largest absolute Gasteiger partial charge is 0.353 e. The topological polar surface area (TPSA) is 72.2 Å². The standard InChI is InChI=1S/C17H23FN2O2/c1-11(17(22)12-3-2-4-13(18)10-12)9-16(21)20-15-7-5-14(19)6-8-15/h2-4,10-11,14-15H,5-9,19H2,1H3,(H,20,21). The van der Waals surface area contributed by atoms with E-state index in [0.717, 1.165) is 25.7 Å². The molecule has 1 aliphatic rings. The van der Waals surface area contributed by atoms with Gasteiger partial charge in [-0.3, -0.25) is 9.59 Å². The summed E-state index contributed by atoms with van der Waals surface area (Å²) in [4.78, 5) is 24.2. The number of benzene rings is 1. The molecular formula is C17H23FN2O2. The minimum Gasteiger partial charge on any atom is -0.353 e. The Kier molecular flexibility index (Phi) is 5.66. The van der Waals surface area contributed by atoms with E-state index in [9.17, 15) is 14.0 Å². The molecular weight excluding hydrogens is 283 g/mol. The number of amides is 1. The number of carbonyl (C=O) groups excluding carboxylic acids is 2. The Morgan fingerprint density at radius 2 is 2.00 bits per heavy atom. The zero-order chi connectivity index (χ0) is 16.1. The van der Waals surface area contributed by atoms with Crippen LogP contribution >= 0.6 is 0 Å². The van der Waals surface area contributed by atoms with Crippen LogP contribution in [0.25, 0.3) is 0 Å². The van der Waals surface area contributed by atoms with Gasteiger partial charge in [-0.1, -0.05) is 19.1 Å². The van der Waals surface area contributed by atoms with Crippen LogP contribution in [0.3, 0.4) is 0 Å². The molecule has 0 bridgehead atoms. The number of ketones is 1. The maximum Gasteiger partial charge on any atom is 0.220 e. The van der Waals surface area contributed by atoms with Gasteiger partial charge in [-0.15, -0.1) is 0 Å². The van der Waals surface area contributed by atoms with Crippen molar-refractivity contribution in [3.8, 4) is 0 Å². The van der Waals surface area contributed by atoms with E-state index in [0.29, 0.717) is 5.56 Å². The molecule has 0 saturated heterocycles. The fourth-order valence-corrected chi connectivity index (χ4v) is 2.85. The second kappa shape index (κ2) is 7.49. The Morgan fingerprint density at radius 3 is 2.64 bits per heavy atom. The first-order valence-corrected chi connectivity index (χ1v) is 7.80. The number of Topliss-reactive ketones (excluding diaryl/α,β-unsaturated/α-hetero) is 1. The van der Waals surface area contributed by atoms with Crippen LogP contribution < -0.4 is 11.1 Å². The lowest BCUT2D eigenvalue weighted by Crippen LogP contribution is -2.41. The fraction of sp³-hybridized carbons (Fsp3) is 0.529. The highest BCUT2D eigenvalue weighted by molar-refractivity contribution is 5.99. The molecule has 1 aromatic rings. The highest BCUT2D eigenvalue weighted by atomic mass is 19.1. The minimum atomic E-state index is -0.465. The summed E-state index contributed by atoms with van der Waals surface area (Å²) in [7, 11) is 0. The quantitative estimate of drug-likeness (QED) is 0.821. The van der Waals surface area contributed by atoms with Crippen LogP contribution in [0, 0.1) is 11.7 Å². The van der Waals surface area contributed by atoms with Crippen molar-refractivity contribution in [3.05, 3.63) is 35.6 Å². The summed E-state index contributed by atoms with van der Waals surface area (Å²) < 4.78 is 13.2. The van der Waals surface area contributed by atoms with Crippen molar-refractivity contribution in [1.29, 1.82) is 0 Å². The summed E-state index contributed by atoms with van der Waals surface area (Å²) >= 11 is 0.